The maximum absolute atomic E-state index is 12.6. The first kappa shape index (κ1) is 24.7. The van der Waals surface area contributed by atoms with Crippen LogP contribution in [0.2, 0.25) is 0 Å². The van der Waals surface area contributed by atoms with Crippen LogP contribution < -0.4 is 10.2 Å². The fourth-order valence-electron chi connectivity index (χ4n) is 4.16. The van der Waals surface area contributed by atoms with E-state index >= 15 is 0 Å². The molecule has 1 atom stereocenters. The van der Waals surface area contributed by atoms with Gasteiger partial charge in [0.05, 0.1) is 11.1 Å². The second kappa shape index (κ2) is 10.4. The Bertz CT molecular complexity index is 1250. The van der Waals surface area contributed by atoms with Crippen LogP contribution >= 0.6 is 0 Å². The molecule has 8 nitrogen and oxygen atoms in total. The van der Waals surface area contributed by atoms with Gasteiger partial charge in [0, 0.05) is 23.1 Å². The van der Waals surface area contributed by atoms with Crippen molar-refractivity contribution in [2.75, 3.05) is 16.8 Å². The standard InChI is InChI=1S/C28H27N3O5/c1-18(2)30(21-9-5-4-6-10-21)22-15-13-20(14-16-22)29-25(32)17-36-28(35)19(3)31-26(33)23-11-7-8-12-24(23)27(31)34/h4-16,18-19H,17H2,1-3H3,(H,29,32)/t19-/m1/s1. The number of amides is 3. The highest BCUT2D eigenvalue weighted by Crippen LogP contribution is 2.29. The lowest BCUT2D eigenvalue weighted by Crippen LogP contribution is -2.44. The largest absolute Gasteiger partial charge is 0.454 e. The number of nitrogens with one attached hydrogen (secondary N) is 1. The Balaban J connectivity index is 1.33. The SMILES string of the molecule is CC(C)N(c1ccccc1)c1ccc(NC(=O)COC(=O)[C@@H](C)N2C(=O)c3ccccc3C2=O)cc1. The summed E-state index contributed by atoms with van der Waals surface area (Å²) in [6.07, 6.45) is 0. The van der Waals surface area contributed by atoms with Crippen molar-refractivity contribution in [3.05, 3.63) is 90.0 Å². The van der Waals surface area contributed by atoms with E-state index in [4.69, 9.17) is 4.74 Å². The highest BCUT2D eigenvalue weighted by Gasteiger charge is 2.41. The first-order valence-corrected chi connectivity index (χ1v) is 11.7. The first-order valence-electron chi connectivity index (χ1n) is 11.7. The minimum Gasteiger partial charge on any atom is -0.454 e. The number of esters is 1. The summed E-state index contributed by atoms with van der Waals surface area (Å²) in [5, 5.41) is 2.69. The van der Waals surface area contributed by atoms with E-state index in [0.717, 1.165) is 16.3 Å². The summed E-state index contributed by atoms with van der Waals surface area (Å²) >= 11 is 0. The van der Waals surface area contributed by atoms with Gasteiger partial charge in [0.2, 0.25) is 0 Å². The van der Waals surface area contributed by atoms with E-state index in [9.17, 15) is 19.2 Å². The fraction of sp³-hybridized carbons (Fsp3) is 0.214. The molecular formula is C28H27N3O5. The van der Waals surface area contributed by atoms with Crippen LogP contribution in [0.3, 0.4) is 0 Å². The van der Waals surface area contributed by atoms with Crippen molar-refractivity contribution in [3.63, 3.8) is 0 Å². The maximum atomic E-state index is 12.6. The average Bonchev–Trinajstić information content (AvgIpc) is 3.13. The predicted octanol–water partition coefficient (Wildman–Crippen LogP) is 4.40. The van der Waals surface area contributed by atoms with E-state index in [1.807, 2.05) is 42.5 Å². The van der Waals surface area contributed by atoms with Gasteiger partial charge in [-0.15, -0.1) is 0 Å². The minimum atomic E-state index is -1.16. The highest BCUT2D eigenvalue weighted by molar-refractivity contribution is 6.22. The Morgan fingerprint density at radius 3 is 1.89 bits per heavy atom. The number of hydrogen-bond donors (Lipinski definition) is 1. The summed E-state index contributed by atoms with van der Waals surface area (Å²) in [5.74, 6) is -2.49. The van der Waals surface area contributed by atoms with Crippen molar-refractivity contribution < 1.29 is 23.9 Å². The van der Waals surface area contributed by atoms with Crippen LogP contribution in [0.5, 0.6) is 0 Å². The molecule has 0 spiro atoms. The quantitative estimate of drug-likeness (QED) is 0.375. The molecule has 1 heterocycles. The van der Waals surface area contributed by atoms with Gasteiger partial charge >= 0.3 is 5.97 Å². The molecule has 8 heteroatoms. The lowest BCUT2D eigenvalue weighted by molar-refractivity contribution is -0.150. The molecule has 0 bridgehead atoms. The molecule has 4 rings (SSSR count). The van der Waals surface area contributed by atoms with E-state index < -0.39 is 36.3 Å². The number of benzene rings is 3. The number of hydrogen-bond acceptors (Lipinski definition) is 6. The van der Waals surface area contributed by atoms with Gasteiger partial charge in [0.1, 0.15) is 6.04 Å². The zero-order chi connectivity index (χ0) is 25.8. The van der Waals surface area contributed by atoms with Crippen LogP contribution in [0.1, 0.15) is 41.5 Å². The summed E-state index contributed by atoms with van der Waals surface area (Å²) in [7, 11) is 0. The van der Waals surface area contributed by atoms with Gasteiger partial charge in [0.15, 0.2) is 6.61 Å². The van der Waals surface area contributed by atoms with Crippen molar-refractivity contribution in [2.24, 2.45) is 0 Å². The number of nitrogens with zero attached hydrogens (tertiary/aromatic N) is 2. The molecule has 1 aliphatic heterocycles. The van der Waals surface area contributed by atoms with Crippen LogP contribution in [0, 0.1) is 0 Å². The molecule has 0 saturated carbocycles. The van der Waals surface area contributed by atoms with Gasteiger partial charge in [-0.3, -0.25) is 19.3 Å². The van der Waals surface area contributed by atoms with Gasteiger partial charge in [-0.2, -0.15) is 0 Å². The third kappa shape index (κ3) is 4.98. The average molecular weight is 486 g/mol. The van der Waals surface area contributed by atoms with E-state index in [0.29, 0.717) is 5.69 Å². The number of ether oxygens (including phenoxy) is 1. The predicted molar refractivity (Wildman–Crippen MR) is 136 cm³/mol. The van der Waals surface area contributed by atoms with E-state index in [2.05, 4.69) is 24.1 Å². The van der Waals surface area contributed by atoms with E-state index in [1.54, 1.807) is 24.3 Å². The Morgan fingerprint density at radius 1 is 0.806 bits per heavy atom. The summed E-state index contributed by atoms with van der Waals surface area (Å²) < 4.78 is 5.09. The van der Waals surface area contributed by atoms with Gasteiger partial charge < -0.3 is 15.0 Å². The highest BCUT2D eigenvalue weighted by atomic mass is 16.5. The number of para-hydroxylation sites is 1. The Hall–Kier alpha value is -4.46. The topological polar surface area (TPSA) is 96.0 Å². The molecule has 0 unspecified atom stereocenters. The smallest absolute Gasteiger partial charge is 0.329 e. The molecule has 3 aromatic carbocycles. The zero-order valence-electron chi connectivity index (χ0n) is 20.3. The number of carbonyl (C=O) groups excluding carboxylic acids is 4. The normalized spacial score (nSPS) is 13.4. The fourth-order valence-corrected chi connectivity index (χ4v) is 4.16. The van der Waals surface area contributed by atoms with Gasteiger partial charge in [0.25, 0.3) is 17.7 Å². The van der Waals surface area contributed by atoms with Crippen molar-refractivity contribution in [1.29, 1.82) is 0 Å². The molecule has 0 fully saturated rings. The molecule has 1 N–H and O–H groups in total. The molecule has 0 aromatic heterocycles. The lowest BCUT2D eigenvalue weighted by Gasteiger charge is -2.29. The Kier molecular flexibility index (Phi) is 7.15. The molecule has 3 amide bonds. The third-order valence-electron chi connectivity index (χ3n) is 5.88. The third-order valence-corrected chi connectivity index (χ3v) is 5.88. The van der Waals surface area contributed by atoms with Crippen LogP contribution in [0.25, 0.3) is 0 Å². The molecule has 0 saturated heterocycles. The second-order valence-corrected chi connectivity index (χ2v) is 8.70. The van der Waals surface area contributed by atoms with Crippen molar-refractivity contribution in [1.82, 2.24) is 4.90 Å². The van der Waals surface area contributed by atoms with Crippen LogP contribution in [0.15, 0.2) is 78.9 Å². The molecule has 1 aliphatic rings. The maximum Gasteiger partial charge on any atom is 0.329 e. The Morgan fingerprint density at radius 2 is 1.33 bits per heavy atom. The summed E-state index contributed by atoms with van der Waals surface area (Å²) in [4.78, 5) is 53.0. The number of imide groups is 1. The minimum absolute atomic E-state index is 0.219. The molecule has 36 heavy (non-hydrogen) atoms. The molecule has 0 radical (unpaired) electrons. The molecular weight excluding hydrogens is 458 g/mol. The zero-order valence-corrected chi connectivity index (χ0v) is 20.3. The first-order chi connectivity index (χ1) is 17.3. The van der Waals surface area contributed by atoms with Crippen LogP contribution in [0.4, 0.5) is 17.1 Å². The monoisotopic (exact) mass is 485 g/mol. The van der Waals surface area contributed by atoms with Crippen LogP contribution in [-0.2, 0) is 14.3 Å². The molecule has 3 aromatic rings. The van der Waals surface area contributed by atoms with Crippen molar-refractivity contribution in [3.8, 4) is 0 Å². The van der Waals surface area contributed by atoms with Gasteiger partial charge in [-0.25, -0.2) is 4.79 Å². The lowest BCUT2D eigenvalue weighted by atomic mass is 10.1. The van der Waals surface area contributed by atoms with Gasteiger partial charge in [-0.1, -0.05) is 30.3 Å². The summed E-state index contributed by atoms with van der Waals surface area (Å²) in [6, 6.07) is 22.8. The summed E-state index contributed by atoms with van der Waals surface area (Å²) in [5.41, 5.74) is 3.06. The molecule has 0 aliphatic carbocycles. The summed E-state index contributed by atoms with van der Waals surface area (Å²) in [6.45, 7) is 5.05. The second-order valence-electron chi connectivity index (χ2n) is 8.70. The van der Waals surface area contributed by atoms with Crippen LogP contribution in [-0.4, -0.2) is 47.3 Å². The number of carbonyl (C=O) groups is 4. The number of fused-ring (bicyclic) bond motifs is 1. The number of anilines is 3. The molecule has 184 valence electrons. The number of rotatable bonds is 8. The van der Waals surface area contributed by atoms with Crippen molar-refractivity contribution >= 4 is 40.8 Å². The van der Waals surface area contributed by atoms with E-state index in [-0.39, 0.29) is 17.2 Å². The Labute approximate surface area is 209 Å². The van der Waals surface area contributed by atoms with E-state index in [1.165, 1.54) is 19.1 Å². The van der Waals surface area contributed by atoms with Crippen molar-refractivity contribution in [2.45, 2.75) is 32.9 Å². The van der Waals surface area contributed by atoms with Gasteiger partial charge in [-0.05, 0) is 69.3 Å².